The normalized spacial score (nSPS) is 11.1. The van der Waals surface area contributed by atoms with E-state index in [0.717, 1.165) is 16.7 Å². The first-order valence-corrected chi connectivity index (χ1v) is 9.01. The average molecular weight is 398 g/mol. The minimum Gasteiger partial charge on any atom is -0.472 e. The molecule has 2 heterocycles. The van der Waals surface area contributed by atoms with Gasteiger partial charge in [0.2, 0.25) is 5.88 Å². The SMILES string of the molecule is CC(C)(C)Oc1cc(-c2ccnc(NC(=O)O)c2)cc(-c2ccccc2Cl)n1. The second-order valence-electron chi connectivity index (χ2n) is 7.13. The Kier molecular flexibility index (Phi) is 5.51. The van der Waals surface area contributed by atoms with Crippen LogP contribution in [-0.2, 0) is 0 Å². The molecule has 1 amide bonds. The fourth-order valence-electron chi connectivity index (χ4n) is 2.63. The molecular formula is C21H20ClN3O3. The molecule has 1 aromatic carbocycles. The van der Waals surface area contributed by atoms with Crippen LogP contribution in [0.25, 0.3) is 22.4 Å². The standard InChI is InChI=1S/C21H20ClN3O3/c1-21(2,3)28-19-12-14(13-8-9-23-18(11-13)25-20(26)27)10-17(24-19)15-6-4-5-7-16(15)22/h4-12H,1-3H3,(H,23,25)(H,26,27). The molecule has 0 saturated heterocycles. The van der Waals surface area contributed by atoms with Crippen molar-refractivity contribution in [2.24, 2.45) is 0 Å². The lowest BCUT2D eigenvalue weighted by molar-refractivity contribution is 0.124. The third-order valence-corrected chi connectivity index (χ3v) is 4.02. The van der Waals surface area contributed by atoms with Crippen LogP contribution in [0.1, 0.15) is 20.8 Å². The Morgan fingerprint density at radius 1 is 1.11 bits per heavy atom. The molecule has 0 saturated carbocycles. The van der Waals surface area contributed by atoms with Crippen LogP contribution in [0, 0.1) is 0 Å². The summed E-state index contributed by atoms with van der Waals surface area (Å²) >= 11 is 6.36. The fraction of sp³-hybridized carbons (Fsp3) is 0.190. The molecule has 0 radical (unpaired) electrons. The van der Waals surface area contributed by atoms with Crippen LogP contribution in [-0.4, -0.2) is 26.8 Å². The number of carbonyl (C=O) groups is 1. The van der Waals surface area contributed by atoms with Crippen molar-refractivity contribution in [3.05, 3.63) is 59.8 Å². The fourth-order valence-corrected chi connectivity index (χ4v) is 2.87. The number of rotatable bonds is 4. The quantitative estimate of drug-likeness (QED) is 0.587. The van der Waals surface area contributed by atoms with Crippen LogP contribution in [0.3, 0.4) is 0 Å². The summed E-state index contributed by atoms with van der Waals surface area (Å²) in [5.41, 5.74) is 2.58. The maximum Gasteiger partial charge on any atom is 0.410 e. The molecule has 144 valence electrons. The van der Waals surface area contributed by atoms with Crippen molar-refractivity contribution in [1.29, 1.82) is 0 Å². The Balaban J connectivity index is 2.13. The Hall–Kier alpha value is -3.12. The number of anilines is 1. The molecule has 0 spiro atoms. The van der Waals surface area contributed by atoms with Crippen molar-refractivity contribution in [2.45, 2.75) is 26.4 Å². The molecule has 0 fully saturated rings. The average Bonchev–Trinajstić information content (AvgIpc) is 2.60. The molecule has 3 aromatic rings. The largest absolute Gasteiger partial charge is 0.472 e. The Bertz CT molecular complexity index is 1020. The van der Waals surface area contributed by atoms with E-state index in [0.29, 0.717) is 16.6 Å². The topological polar surface area (TPSA) is 84.3 Å². The smallest absolute Gasteiger partial charge is 0.410 e. The van der Waals surface area contributed by atoms with Crippen LogP contribution in [0.5, 0.6) is 5.88 Å². The van der Waals surface area contributed by atoms with Crippen molar-refractivity contribution < 1.29 is 14.6 Å². The molecule has 0 aliphatic rings. The first-order chi connectivity index (χ1) is 13.2. The van der Waals surface area contributed by atoms with Crippen molar-refractivity contribution in [3.63, 3.8) is 0 Å². The highest BCUT2D eigenvalue weighted by Crippen LogP contribution is 2.33. The molecule has 0 bridgehead atoms. The highest BCUT2D eigenvalue weighted by atomic mass is 35.5. The van der Waals surface area contributed by atoms with Gasteiger partial charge in [-0.15, -0.1) is 0 Å². The third kappa shape index (κ3) is 4.98. The van der Waals surface area contributed by atoms with E-state index in [9.17, 15) is 4.79 Å². The summed E-state index contributed by atoms with van der Waals surface area (Å²) in [6.07, 6.45) is 0.369. The number of benzene rings is 1. The number of carboxylic acid groups (broad SMARTS) is 1. The number of amides is 1. The minimum atomic E-state index is -1.17. The molecule has 6 nitrogen and oxygen atoms in total. The summed E-state index contributed by atoms with van der Waals surface area (Å²) < 4.78 is 5.98. The second-order valence-corrected chi connectivity index (χ2v) is 7.54. The van der Waals surface area contributed by atoms with Crippen LogP contribution < -0.4 is 10.1 Å². The zero-order valence-electron chi connectivity index (χ0n) is 15.7. The highest BCUT2D eigenvalue weighted by Gasteiger charge is 2.16. The maximum absolute atomic E-state index is 10.9. The molecule has 2 N–H and O–H groups in total. The summed E-state index contributed by atoms with van der Waals surface area (Å²) in [7, 11) is 0. The molecule has 2 aromatic heterocycles. The van der Waals surface area contributed by atoms with E-state index in [-0.39, 0.29) is 5.82 Å². The maximum atomic E-state index is 10.9. The predicted molar refractivity (Wildman–Crippen MR) is 110 cm³/mol. The van der Waals surface area contributed by atoms with E-state index >= 15 is 0 Å². The number of halogens is 1. The van der Waals surface area contributed by atoms with Gasteiger partial charge in [-0.3, -0.25) is 5.32 Å². The van der Waals surface area contributed by atoms with E-state index < -0.39 is 11.7 Å². The predicted octanol–water partition coefficient (Wildman–Crippen LogP) is 5.73. The van der Waals surface area contributed by atoms with Gasteiger partial charge in [-0.05, 0) is 56.2 Å². The van der Waals surface area contributed by atoms with Crippen molar-refractivity contribution >= 4 is 23.5 Å². The monoisotopic (exact) mass is 397 g/mol. The van der Waals surface area contributed by atoms with Gasteiger partial charge in [-0.1, -0.05) is 29.8 Å². The van der Waals surface area contributed by atoms with E-state index in [2.05, 4.69) is 15.3 Å². The number of nitrogens with one attached hydrogen (secondary N) is 1. The zero-order valence-corrected chi connectivity index (χ0v) is 16.5. The minimum absolute atomic E-state index is 0.236. The summed E-state index contributed by atoms with van der Waals surface area (Å²) in [4.78, 5) is 19.5. The molecule has 0 unspecified atom stereocenters. The zero-order chi connectivity index (χ0) is 20.3. The highest BCUT2D eigenvalue weighted by molar-refractivity contribution is 6.33. The first kappa shape index (κ1) is 19.6. The number of hydrogen-bond donors (Lipinski definition) is 2. The van der Waals surface area contributed by atoms with Crippen LogP contribution in [0.15, 0.2) is 54.7 Å². The lowest BCUT2D eigenvalue weighted by Crippen LogP contribution is -2.23. The van der Waals surface area contributed by atoms with E-state index in [1.807, 2.05) is 51.1 Å². The van der Waals surface area contributed by atoms with Gasteiger partial charge < -0.3 is 9.84 Å². The van der Waals surface area contributed by atoms with Gasteiger partial charge in [0.05, 0.1) is 5.69 Å². The second kappa shape index (κ2) is 7.86. The van der Waals surface area contributed by atoms with Gasteiger partial charge >= 0.3 is 6.09 Å². The molecule has 0 aliphatic heterocycles. The molecule has 7 heteroatoms. The van der Waals surface area contributed by atoms with Crippen LogP contribution in [0.2, 0.25) is 5.02 Å². The number of aromatic nitrogens is 2. The molecule has 0 aliphatic carbocycles. The van der Waals surface area contributed by atoms with Gasteiger partial charge in [0.1, 0.15) is 11.4 Å². The lowest BCUT2D eigenvalue weighted by Gasteiger charge is -2.21. The summed E-state index contributed by atoms with van der Waals surface area (Å²) in [5, 5.41) is 11.8. The number of nitrogens with zero attached hydrogens (tertiary/aromatic N) is 2. The lowest BCUT2D eigenvalue weighted by atomic mass is 10.0. The van der Waals surface area contributed by atoms with Gasteiger partial charge in [0.15, 0.2) is 0 Å². The van der Waals surface area contributed by atoms with Gasteiger partial charge in [0, 0.05) is 22.8 Å². The number of hydrogen-bond acceptors (Lipinski definition) is 4. The Morgan fingerprint density at radius 3 is 2.54 bits per heavy atom. The van der Waals surface area contributed by atoms with Crippen molar-refractivity contribution in [2.75, 3.05) is 5.32 Å². The molecule has 0 atom stereocenters. The summed E-state index contributed by atoms with van der Waals surface area (Å²) in [5.74, 6) is 0.684. The summed E-state index contributed by atoms with van der Waals surface area (Å²) in [6, 6.07) is 14.6. The Labute approximate surface area is 168 Å². The van der Waals surface area contributed by atoms with E-state index in [4.69, 9.17) is 21.4 Å². The van der Waals surface area contributed by atoms with E-state index in [1.165, 1.54) is 0 Å². The van der Waals surface area contributed by atoms with Gasteiger partial charge in [-0.25, -0.2) is 14.8 Å². The summed E-state index contributed by atoms with van der Waals surface area (Å²) in [6.45, 7) is 5.83. The molecule has 28 heavy (non-hydrogen) atoms. The van der Waals surface area contributed by atoms with Gasteiger partial charge in [0.25, 0.3) is 0 Å². The van der Waals surface area contributed by atoms with Gasteiger partial charge in [-0.2, -0.15) is 0 Å². The number of ether oxygens (including phenoxy) is 1. The van der Waals surface area contributed by atoms with Crippen molar-refractivity contribution in [1.82, 2.24) is 9.97 Å². The first-order valence-electron chi connectivity index (χ1n) is 8.64. The van der Waals surface area contributed by atoms with Crippen molar-refractivity contribution in [3.8, 4) is 28.3 Å². The van der Waals surface area contributed by atoms with E-state index in [1.54, 1.807) is 24.4 Å². The number of pyridine rings is 2. The Morgan fingerprint density at radius 2 is 1.86 bits per heavy atom. The van der Waals surface area contributed by atoms with Crippen LogP contribution >= 0.6 is 11.6 Å². The third-order valence-electron chi connectivity index (χ3n) is 3.69. The van der Waals surface area contributed by atoms with Crippen LogP contribution in [0.4, 0.5) is 10.6 Å². The molecule has 3 rings (SSSR count). The molecular weight excluding hydrogens is 378 g/mol.